The molecule has 2 heterocycles. The zero-order valence-corrected chi connectivity index (χ0v) is 14.8. The van der Waals surface area contributed by atoms with Crippen LogP contribution in [0.1, 0.15) is 16.8 Å². The van der Waals surface area contributed by atoms with Crippen molar-refractivity contribution in [3.05, 3.63) is 62.6 Å². The number of anilines is 1. The Bertz CT molecular complexity index is 950. The maximum absolute atomic E-state index is 13.4. The quantitative estimate of drug-likeness (QED) is 0.786. The van der Waals surface area contributed by atoms with Gasteiger partial charge in [0.25, 0.3) is 11.5 Å². The lowest BCUT2D eigenvalue weighted by molar-refractivity contribution is 0.0766. The van der Waals surface area contributed by atoms with Crippen molar-refractivity contribution >= 4 is 11.7 Å². The first-order valence-electron chi connectivity index (χ1n) is 8.45. The normalized spacial score (nSPS) is 15.0. The molecule has 7 nitrogen and oxygen atoms in total. The van der Waals surface area contributed by atoms with Gasteiger partial charge in [-0.25, -0.2) is 9.18 Å². The van der Waals surface area contributed by atoms with E-state index >= 15 is 0 Å². The van der Waals surface area contributed by atoms with Gasteiger partial charge in [-0.1, -0.05) is 6.07 Å². The number of rotatable bonds is 2. The van der Waals surface area contributed by atoms with E-state index < -0.39 is 5.82 Å². The van der Waals surface area contributed by atoms with Crippen LogP contribution in [-0.2, 0) is 14.1 Å². The van der Waals surface area contributed by atoms with E-state index in [0.717, 1.165) is 4.57 Å². The Morgan fingerprint density at radius 1 is 1.00 bits per heavy atom. The molecule has 1 aliphatic heterocycles. The van der Waals surface area contributed by atoms with Crippen molar-refractivity contribution < 1.29 is 9.18 Å². The van der Waals surface area contributed by atoms with Gasteiger partial charge in [-0.15, -0.1) is 0 Å². The highest BCUT2D eigenvalue weighted by molar-refractivity contribution is 5.94. The van der Waals surface area contributed by atoms with Crippen molar-refractivity contribution in [2.24, 2.45) is 14.1 Å². The summed E-state index contributed by atoms with van der Waals surface area (Å²) in [5, 5.41) is 0. The molecular weight excluding hydrogens is 339 g/mol. The zero-order chi connectivity index (χ0) is 18.8. The van der Waals surface area contributed by atoms with E-state index in [1.807, 2.05) is 4.90 Å². The van der Waals surface area contributed by atoms with Crippen molar-refractivity contribution in [3.63, 3.8) is 0 Å². The largest absolute Gasteiger partial charge is 0.356 e. The molecule has 1 fully saturated rings. The second-order valence-electron chi connectivity index (χ2n) is 6.38. The van der Waals surface area contributed by atoms with E-state index in [0.29, 0.717) is 44.0 Å². The Balaban J connectivity index is 1.80. The number of nitrogens with zero attached hydrogens (tertiary/aromatic N) is 4. The third kappa shape index (κ3) is 3.40. The Morgan fingerprint density at radius 2 is 1.77 bits per heavy atom. The Kier molecular flexibility index (Phi) is 4.92. The van der Waals surface area contributed by atoms with Crippen LogP contribution in [0.15, 0.2) is 39.9 Å². The molecule has 1 aliphatic rings. The van der Waals surface area contributed by atoms with E-state index in [1.54, 1.807) is 18.0 Å². The van der Waals surface area contributed by atoms with Crippen LogP contribution in [0.3, 0.4) is 0 Å². The lowest BCUT2D eigenvalue weighted by Gasteiger charge is -2.25. The van der Waals surface area contributed by atoms with Gasteiger partial charge in [0.15, 0.2) is 0 Å². The second-order valence-corrected chi connectivity index (χ2v) is 6.38. The van der Waals surface area contributed by atoms with Gasteiger partial charge in [0.05, 0.1) is 0 Å². The molecule has 138 valence electrons. The van der Waals surface area contributed by atoms with E-state index in [4.69, 9.17) is 0 Å². The maximum Gasteiger partial charge on any atom is 0.332 e. The predicted octanol–water partition coefficient (Wildman–Crippen LogP) is 0.576. The Hall–Kier alpha value is -2.90. The van der Waals surface area contributed by atoms with Crippen LogP contribution in [0.4, 0.5) is 10.2 Å². The van der Waals surface area contributed by atoms with Gasteiger partial charge in [-0.2, -0.15) is 0 Å². The minimum Gasteiger partial charge on any atom is -0.356 e. The van der Waals surface area contributed by atoms with Crippen molar-refractivity contribution in [1.29, 1.82) is 0 Å². The van der Waals surface area contributed by atoms with E-state index in [2.05, 4.69) is 0 Å². The molecular formula is C18H21FN4O3. The van der Waals surface area contributed by atoms with Crippen molar-refractivity contribution in [1.82, 2.24) is 14.0 Å². The molecule has 2 aromatic rings. The molecule has 0 saturated carbocycles. The van der Waals surface area contributed by atoms with Crippen LogP contribution < -0.4 is 16.1 Å². The highest BCUT2D eigenvalue weighted by Gasteiger charge is 2.22. The van der Waals surface area contributed by atoms with Gasteiger partial charge in [-0.05, 0) is 24.6 Å². The molecule has 0 unspecified atom stereocenters. The molecule has 0 aliphatic carbocycles. The summed E-state index contributed by atoms with van der Waals surface area (Å²) in [4.78, 5) is 40.3. The smallest absolute Gasteiger partial charge is 0.332 e. The molecule has 1 aromatic carbocycles. The molecule has 1 saturated heterocycles. The number of carbonyl (C=O) groups is 1. The van der Waals surface area contributed by atoms with Gasteiger partial charge in [-0.3, -0.25) is 18.7 Å². The molecule has 0 radical (unpaired) electrons. The standard InChI is InChI=1S/C18H21FN4O3/c1-20-15(12-16(24)21(2)18(20)26)22-7-4-8-23(10-9-22)17(25)13-5-3-6-14(19)11-13/h3,5-6,11-12H,4,7-10H2,1-2H3. The first-order valence-corrected chi connectivity index (χ1v) is 8.45. The third-order valence-electron chi connectivity index (χ3n) is 4.68. The predicted molar refractivity (Wildman–Crippen MR) is 96.1 cm³/mol. The number of halogens is 1. The van der Waals surface area contributed by atoms with Gasteiger partial charge in [0, 0.05) is 51.9 Å². The number of benzene rings is 1. The molecule has 1 amide bonds. The SMILES string of the molecule is Cn1c(N2CCCN(C(=O)c3cccc(F)c3)CC2)cc(=O)n(C)c1=O. The third-order valence-corrected chi connectivity index (χ3v) is 4.68. The van der Waals surface area contributed by atoms with Crippen LogP contribution in [0.25, 0.3) is 0 Å². The minimum absolute atomic E-state index is 0.218. The fourth-order valence-electron chi connectivity index (χ4n) is 3.18. The molecule has 0 spiro atoms. The van der Waals surface area contributed by atoms with Gasteiger partial charge in [0.2, 0.25) is 0 Å². The van der Waals surface area contributed by atoms with Gasteiger partial charge < -0.3 is 9.80 Å². The average Bonchev–Trinajstić information content (AvgIpc) is 2.88. The Labute approximate surface area is 149 Å². The number of hydrogen-bond acceptors (Lipinski definition) is 4. The fourth-order valence-corrected chi connectivity index (χ4v) is 3.18. The van der Waals surface area contributed by atoms with E-state index in [1.165, 1.54) is 35.9 Å². The summed E-state index contributed by atoms with van der Waals surface area (Å²) in [6.45, 7) is 2.07. The second kappa shape index (κ2) is 7.15. The van der Waals surface area contributed by atoms with Crippen molar-refractivity contribution in [3.8, 4) is 0 Å². The number of carbonyl (C=O) groups excluding carboxylic acids is 1. The lowest BCUT2D eigenvalue weighted by atomic mass is 10.2. The summed E-state index contributed by atoms with van der Waals surface area (Å²) in [5.41, 5.74) is -0.427. The molecule has 3 rings (SSSR count). The highest BCUT2D eigenvalue weighted by atomic mass is 19.1. The number of hydrogen-bond donors (Lipinski definition) is 0. The minimum atomic E-state index is -0.442. The molecule has 26 heavy (non-hydrogen) atoms. The summed E-state index contributed by atoms with van der Waals surface area (Å²) in [6.07, 6.45) is 0.685. The summed E-state index contributed by atoms with van der Waals surface area (Å²) >= 11 is 0. The van der Waals surface area contributed by atoms with Crippen LogP contribution in [0.5, 0.6) is 0 Å². The molecule has 1 aromatic heterocycles. The molecule has 0 atom stereocenters. The molecule has 0 bridgehead atoms. The van der Waals surface area contributed by atoms with Crippen LogP contribution in [0.2, 0.25) is 0 Å². The topological polar surface area (TPSA) is 67.5 Å². The first kappa shape index (κ1) is 17.9. The van der Waals surface area contributed by atoms with Gasteiger partial charge >= 0.3 is 5.69 Å². The van der Waals surface area contributed by atoms with E-state index in [9.17, 15) is 18.8 Å². The number of aromatic nitrogens is 2. The first-order chi connectivity index (χ1) is 12.4. The summed E-state index contributed by atoms with van der Waals surface area (Å²) in [5.74, 6) is -0.121. The average molecular weight is 360 g/mol. The summed E-state index contributed by atoms with van der Waals surface area (Å²) in [6, 6.07) is 7.08. The monoisotopic (exact) mass is 360 g/mol. The van der Waals surface area contributed by atoms with Crippen LogP contribution in [-0.4, -0.2) is 46.1 Å². The Morgan fingerprint density at radius 3 is 2.50 bits per heavy atom. The maximum atomic E-state index is 13.4. The van der Waals surface area contributed by atoms with E-state index in [-0.39, 0.29) is 17.2 Å². The van der Waals surface area contributed by atoms with Gasteiger partial charge in [0.1, 0.15) is 11.6 Å². The lowest BCUT2D eigenvalue weighted by Crippen LogP contribution is -2.41. The van der Waals surface area contributed by atoms with Crippen LogP contribution >= 0.6 is 0 Å². The number of amides is 1. The summed E-state index contributed by atoms with van der Waals surface area (Å²) in [7, 11) is 3.06. The fraction of sp³-hybridized carbons (Fsp3) is 0.389. The van der Waals surface area contributed by atoms with Crippen molar-refractivity contribution in [2.75, 3.05) is 31.1 Å². The van der Waals surface area contributed by atoms with Crippen LogP contribution in [0, 0.1) is 5.82 Å². The summed E-state index contributed by atoms with van der Waals surface area (Å²) < 4.78 is 15.9. The molecule has 8 heteroatoms. The highest BCUT2D eigenvalue weighted by Crippen LogP contribution is 2.15. The molecule has 0 N–H and O–H groups in total. The van der Waals surface area contributed by atoms with Crippen molar-refractivity contribution in [2.45, 2.75) is 6.42 Å². The zero-order valence-electron chi connectivity index (χ0n) is 14.8.